The van der Waals surface area contributed by atoms with Gasteiger partial charge in [0.2, 0.25) is 0 Å². The van der Waals surface area contributed by atoms with Crippen molar-refractivity contribution in [1.82, 2.24) is 5.32 Å². The lowest BCUT2D eigenvalue weighted by Gasteiger charge is -2.13. The highest BCUT2D eigenvalue weighted by Gasteiger charge is 2.38. The highest BCUT2D eigenvalue weighted by molar-refractivity contribution is 8.26. The van der Waals surface area contributed by atoms with Gasteiger partial charge in [-0.25, -0.2) is 9.59 Å². The Morgan fingerprint density at radius 1 is 0.879 bits per heavy atom. The highest BCUT2D eigenvalue weighted by atomic mass is 32.2. The maximum atomic E-state index is 12.6. The van der Waals surface area contributed by atoms with E-state index in [0.29, 0.717) is 34.6 Å². The molecule has 2 aliphatic rings. The van der Waals surface area contributed by atoms with Gasteiger partial charge in [0.25, 0.3) is 0 Å². The summed E-state index contributed by atoms with van der Waals surface area (Å²) in [5, 5.41) is 34.4. The van der Waals surface area contributed by atoms with E-state index in [4.69, 9.17) is 9.47 Å². The van der Waals surface area contributed by atoms with Crippen LogP contribution in [0.4, 0.5) is 0 Å². The van der Waals surface area contributed by atoms with E-state index in [1.54, 1.807) is 27.7 Å². The Bertz CT molecular complexity index is 1080. The minimum atomic E-state index is -0.755. The molecule has 3 rings (SSSR count). The van der Waals surface area contributed by atoms with E-state index in [1.165, 1.54) is 0 Å². The van der Waals surface area contributed by atoms with Gasteiger partial charge in [0.15, 0.2) is 5.57 Å². The van der Waals surface area contributed by atoms with E-state index in [1.807, 2.05) is 13.0 Å². The molecule has 2 heterocycles. The first kappa shape index (κ1) is 25.6. The maximum absolute atomic E-state index is 12.6. The van der Waals surface area contributed by atoms with Gasteiger partial charge in [-0.3, -0.25) is 0 Å². The van der Waals surface area contributed by atoms with Gasteiger partial charge in [0, 0.05) is 6.54 Å². The topological polar surface area (TPSA) is 129 Å². The van der Waals surface area contributed by atoms with Crippen LogP contribution in [0.25, 0.3) is 0 Å². The summed E-state index contributed by atoms with van der Waals surface area (Å²) in [6.45, 7) is 9.21. The summed E-state index contributed by atoms with van der Waals surface area (Å²) in [7, 11) is 0. The van der Waals surface area contributed by atoms with Crippen LogP contribution in [0.2, 0.25) is 0 Å². The number of nitriles is 1. The summed E-state index contributed by atoms with van der Waals surface area (Å²) in [6, 6.07) is 1.87. The van der Waals surface area contributed by atoms with Gasteiger partial charge in [-0.2, -0.15) is 5.26 Å². The van der Waals surface area contributed by atoms with E-state index in [9.17, 15) is 25.1 Å². The molecule has 176 valence electrons. The molecule has 0 atom stereocenters. The minimum Gasteiger partial charge on any atom is -0.505 e. The van der Waals surface area contributed by atoms with E-state index < -0.39 is 18.0 Å². The zero-order valence-corrected chi connectivity index (χ0v) is 21.7. The summed E-state index contributed by atoms with van der Waals surface area (Å²) in [4.78, 5) is 26.3. The van der Waals surface area contributed by atoms with Crippen LogP contribution in [0, 0.1) is 11.3 Å². The molecule has 1 aromatic carbocycles. The normalized spacial score (nSPS) is 14.1. The molecule has 0 spiro atoms. The molecule has 8 nitrogen and oxygen atoms in total. The first-order valence-electron chi connectivity index (χ1n) is 9.96. The Morgan fingerprint density at radius 2 is 1.30 bits per heavy atom. The van der Waals surface area contributed by atoms with Crippen molar-refractivity contribution in [2.24, 2.45) is 0 Å². The van der Waals surface area contributed by atoms with Crippen LogP contribution in [0.15, 0.2) is 39.3 Å². The zero-order chi connectivity index (χ0) is 24.4. The molecule has 0 unspecified atom stereocenters. The molecule has 0 saturated carbocycles. The predicted molar refractivity (Wildman–Crippen MR) is 129 cm³/mol. The molecule has 0 radical (unpaired) electrons. The number of nitrogens with one attached hydrogen (secondary N) is 1. The average Bonchev–Trinajstić information content (AvgIpc) is 3.35. The number of aromatic hydroxyl groups is 2. The summed E-state index contributed by atoms with van der Waals surface area (Å²) in [5.74, 6) is -1.44. The van der Waals surface area contributed by atoms with Crippen LogP contribution in [0.5, 0.6) is 11.5 Å². The van der Waals surface area contributed by atoms with Crippen LogP contribution in [-0.4, -0.2) is 40.9 Å². The lowest BCUT2D eigenvalue weighted by atomic mass is 10.3. The minimum absolute atomic E-state index is 0.0830. The van der Waals surface area contributed by atoms with Crippen LogP contribution in [0.3, 0.4) is 0 Å². The molecule has 0 aliphatic carbocycles. The molecule has 0 aromatic heterocycles. The number of carbonyl (C=O) groups is 2. The number of ether oxygens (including phenoxy) is 2. The standard InChI is InChI=1S/C21H22N2O6S4/c1-6-23-11(19(27)29-9(4)5)21-32-16-12(24)14-15(13(25)17(16)33-21)31-20(30-14)10(7-22)18(26)28-8(2)3/h8-9,23-25H,6H2,1-5H3. The van der Waals surface area contributed by atoms with Crippen molar-refractivity contribution in [3.05, 3.63) is 19.7 Å². The first-order chi connectivity index (χ1) is 15.6. The van der Waals surface area contributed by atoms with Crippen molar-refractivity contribution >= 4 is 59.0 Å². The van der Waals surface area contributed by atoms with Gasteiger partial charge in [-0.15, -0.1) is 0 Å². The van der Waals surface area contributed by atoms with E-state index in [-0.39, 0.29) is 28.9 Å². The molecular weight excluding hydrogens is 505 g/mol. The van der Waals surface area contributed by atoms with Crippen LogP contribution in [0.1, 0.15) is 34.6 Å². The molecule has 0 saturated heterocycles. The van der Waals surface area contributed by atoms with Crippen LogP contribution >= 0.6 is 47.0 Å². The van der Waals surface area contributed by atoms with E-state index in [0.717, 1.165) is 47.0 Å². The van der Waals surface area contributed by atoms with Crippen LogP contribution in [-0.2, 0) is 19.1 Å². The summed E-state index contributed by atoms with van der Waals surface area (Å²) in [5.41, 5.74) is 0.0843. The largest absolute Gasteiger partial charge is 0.505 e. The van der Waals surface area contributed by atoms with Crippen molar-refractivity contribution in [1.29, 1.82) is 5.26 Å². The number of hydrogen-bond donors (Lipinski definition) is 3. The van der Waals surface area contributed by atoms with Gasteiger partial charge < -0.3 is 25.0 Å². The van der Waals surface area contributed by atoms with Crippen molar-refractivity contribution in [2.45, 2.75) is 66.4 Å². The fourth-order valence-electron chi connectivity index (χ4n) is 2.76. The molecule has 0 amide bonds. The number of hydrogen-bond acceptors (Lipinski definition) is 12. The number of benzene rings is 1. The smallest absolute Gasteiger partial charge is 0.356 e. The predicted octanol–water partition coefficient (Wildman–Crippen LogP) is 4.91. The Morgan fingerprint density at radius 3 is 1.70 bits per heavy atom. The Kier molecular flexibility index (Phi) is 8.10. The van der Waals surface area contributed by atoms with Gasteiger partial charge >= 0.3 is 11.9 Å². The molecule has 33 heavy (non-hydrogen) atoms. The lowest BCUT2D eigenvalue weighted by molar-refractivity contribution is -0.143. The number of esters is 2. The summed E-state index contributed by atoms with van der Waals surface area (Å²) in [6.07, 6.45) is -0.692. The second kappa shape index (κ2) is 10.5. The molecule has 3 N–H and O–H groups in total. The Hall–Kier alpha value is -2.07. The molecule has 1 aromatic rings. The number of nitrogens with zero attached hydrogens (tertiary/aromatic N) is 1. The third kappa shape index (κ3) is 5.21. The van der Waals surface area contributed by atoms with Gasteiger partial charge in [0.1, 0.15) is 23.3 Å². The third-order valence-electron chi connectivity index (χ3n) is 4.02. The fourth-order valence-corrected chi connectivity index (χ4v) is 7.99. The van der Waals surface area contributed by atoms with Gasteiger partial charge in [-0.05, 0) is 34.6 Å². The quantitative estimate of drug-likeness (QED) is 0.201. The van der Waals surface area contributed by atoms with Crippen molar-refractivity contribution in [3.8, 4) is 17.6 Å². The van der Waals surface area contributed by atoms with E-state index in [2.05, 4.69) is 5.32 Å². The molecule has 0 bridgehead atoms. The number of carbonyl (C=O) groups excluding carboxylic acids is 2. The number of phenolic OH excluding ortho intramolecular Hbond substituents is 2. The Labute approximate surface area is 208 Å². The SMILES string of the molecule is CCNC(C(=O)OC(C)C)=C1Sc2c(O)c3c(c(O)c2S1)SC(=C(C#N)C(=O)OC(C)C)S3. The number of fused-ring (bicyclic) bond motifs is 2. The lowest BCUT2D eigenvalue weighted by Crippen LogP contribution is -2.25. The Balaban J connectivity index is 2.00. The second-order valence-corrected chi connectivity index (χ2v) is 11.9. The monoisotopic (exact) mass is 526 g/mol. The maximum Gasteiger partial charge on any atom is 0.356 e. The number of likely N-dealkylation sites (N-methyl/N-ethyl adjacent to an activating group) is 1. The van der Waals surface area contributed by atoms with Crippen molar-refractivity contribution < 1.29 is 29.3 Å². The second-order valence-electron chi connectivity index (χ2n) is 7.30. The molecule has 0 fully saturated rings. The van der Waals surface area contributed by atoms with Crippen LogP contribution < -0.4 is 5.32 Å². The average molecular weight is 527 g/mol. The number of thioether (sulfide) groups is 4. The van der Waals surface area contributed by atoms with Gasteiger partial charge in [0.05, 0.1) is 40.3 Å². The molecular formula is C21H22N2O6S4. The zero-order valence-electron chi connectivity index (χ0n) is 18.5. The van der Waals surface area contributed by atoms with Gasteiger partial charge in [-0.1, -0.05) is 47.0 Å². The molecule has 12 heteroatoms. The van der Waals surface area contributed by atoms with E-state index >= 15 is 0 Å². The highest BCUT2D eigenvalue weighted by Crippen LogP contribution is 2.67. The summed E-state index contributed by atoms with van der Waals surface area (Å²) >= 11 is 4.36. The molecule has 2 aliphatic heterocycles. The number of phenols is 2. The number of rotatable bonds is 6. The van der Waals surface area contributed by atoms with Crippen molar-refractivity contribution in [3.63, 3.8) is 0 Å². The fraction of sp³-hybridized carbons (Fsp3) is 0.381. The summed E-state index contributed by atoms with van der Waals surface area (Å²) < 4.78 is 11.3. The first-order valence-corrected chi connectivity index (χ1v) is 13.2. The third-order valence-corrected chi connectivity index (χ3v) is 9.24. The van der Waals surface area contributed by atoms with Crippen molar-refractivity contribution in [2.75, 3.05) is 6.54 Å².